The predicted molar refractivity (Wildman–Crippen MR) is 73.4 cm³/mol. The average molecular weight is 231 g/mol. The maximum Gasteiger partial charge on any atom is 0.131 e. The van der Waals surface area contributed by atoms with Crippen LogP contribution in [0.1, 0.15) is 18.1 Å². The molecule has 0 unspecified atom stereocenters. The summed E-state index contributed by atoms with van der Waals surface area (Å²) in [6.45, 7) is 13.7. The topological polar surface area (TPSA) is 19.4 Å². The number of likely N-dealkylation sites (N-methyl/N-ethyl adjacent to an activating group) is 1. The molecule has 0 aromatic carbocycles. The zero-order valence-electron chi connectivity index (χ0n) is 10.8. The second-order valence-electron chi connectivity index (χ2n) is 4.53. The summed E-state index contributed by atoms with van der Waals surface area (Å²) in [7, 11) is 0. The first kappa shape index (κ1) is 12.1. The Balaban J connectivity index is 2.10. The van der Waals surface area contributed by atoms with Crippen molar-refractivity contribution in [1.82, 2.24) is 9.88 Å². The van der Waals surface area contributed by atoms with Gasteiger partial charge in [0.2, 0.25) is 0 Å². The van der Waals surface area contributed by atoms with E-state index in [0.29, 0.717) is 0 Å². The maximum atomic E-state index is 4.56. The van der Waals surface area contributed by atoms with Crippen LogP contribution in [0.25, 0.3) is 6.08 Å². The normalized spacial score (nSPS) is 17.2. The molecule has 2 heterocycles. The third-order valence-electron chi connectivity index (χ3n) is 3.43. The minimum atomic E-state index is 1.08. The highest BCUT2D eigenvalue weighted by molar-refractivity contribution is 5.54. The fourth-order valence-corrected chi connectivity index (χ4v) is 2.31. The molecule has 0 bridgehead atoms. The smallest absolute Gasteiger partial charge is 0.131 e. The van der Waals surface area contributed by atoms with Crippen molar-refractivity contribution < 1.29 is 0 Å². The highest BCUT2D eigenvalue weighted by atomic mass is 15.3. The number of rotatable bonds is 3. The van der Waals surface area contributed by atoms with Gasteiger partial charge in [-0.2, -0.15) is 0 Å². The van der Waals surface area contributed by atoms with Crippen molar-refractivity contribution in [2.75, 3.05) is 37.6 Å². The van der Waals surface area contributed by atoms with E-state index < -0.39 is 0 Å². The summed E-state index contributed by atoms with van der Waals surface area (Å²) < 4.78 is 0. The Bertz CT molecular complexity index is 392. The standard InChI is InChI=1S/C14H21N3/c1-4-13-10-12(3)14(15-11-13)17-8-6-16(5-2)7-9-17/h4,10-11H,1,5-9H2,2-3H3. The molecule has 0 aliphatic carbocycles. The van der Waals surface area contributed by atoms with E-state index in [4.69, 9.17) is 0 Å². The molecule has 0 atom stereocenters. The third-order valence-corrected chi connectivity index (χ3v) is 3.43. The molecule has 0 amide bonds. The van der Waals surface area contributed by atoms with E-state index in [-0.39, 0.29) is 0 Å². The summed E-state index contributed by atoms with van der Waals surface area (Å²) in [4.78, 5) is 9.42. The van der Waals surface area contributed by atoms with Gasteiger partial charge in [0, 0.05) is 32.4 Å². The van der Waals surface area contributed by atoms with Gasteiger partial charge in [0.25, 0.3) is 0 Å². The van der Waals surface area contributed by atoms with Crippen molar-refractivity contribution >= 4 is 11.9 Å². The van der Waals surface area contributed by atoms with Crippen molar-refractivity contribution in [2.24, 2.45) is 0 Å². The van der Waals surface area contributed by atoms with Crippen molar-refractivity contribution in [3.63, 3.8) is 0 Å². The highest BCUT2D eigenvalue weighted by Crippen LogP contribution is 2.19. The van der Waals surface area contributed by atoms with Gasteiger partial charge in [-0.3, -0.25) is 0 Å². The summed E-state index contributed by atoms with van der Waals surface area (Å²) >= 11 is 0. The van der Waals surface area contributed by atoms with E-state index in [2.05, 4.69) is 41.3 Å². The Morgan fingerprint density at radius 2 is 2.06 bits per heavy atom. The molecule has 0 N–H and O–H groups in total. The second kappa shape index (κ2) is 5.32. The Hall–Kier alpha value is -1.35. The van der Waals surface area contributed by atoms with Crippen LogP contribution in [0, 0.1) is 6.92 Å². The van der Waals surface area contributed by atoms with E-state index in [0.717, 1.165) is 44.1 Å². The van der Waals surface area contributed by atoms with Gasteiger partial charge < -0.3 is 9.80 Å². The van der Waals surface area contributed by atoms with Crippen molar-refractivity contribution in [1.29, 1.82) is 0 Å². The number of pyridine rings is 1. The van der Waals surface area contributed by atoms with Crippen LogP contribution in [0.2, 0.25) is 0 Å². The lowest BCUT2D eigenvalue weighted by Gasteiger charge is -2.35. The summed E-state index contributed by atoms with van der Waals surface area (Å²) in [6.07, 6.45) is 3.75. The number of hydrogen-bond acceptors (Lipinski definition) is 3. The lowest BCUT2D eigenvalue weighted by atomic mass is 10.2. The molecule has 3 heteroatoms. The molecular weight excluding hydrogens is 210 g/mol. The average Bonchev–Trinajstić information content (AvgIpc) is 2.39. The minimum absolute atomic E-state index is 1.08. The van der Waals surface area contributed by atoms with Crippen LogP contribution >= 0.6 is 0 Å². The molecule has 0 saturated carbocycles. The van der Waals surface area contributed by atoms with Gasteiger partial charge in [-0.1, -0.05) is 19.6 Å². The third kappa shape index (κ3) is 2.67. The molecule has 92 valence electrons. The van der Waals surface area contributed by atoms with E-state index in [1.165, 1.54) is 5.56 Å². The molecule has 0 radical (unpaired) electrons. The quantitative estimate of drug-likeness (QED) is 0.795. The van der Waals surface area contributed by atoms with Crippen molar-refractivity contribution in [3.05, 3.63) is 30.0 Å². The lowest BCUT2D eigenvalue weighted by molar-refractivity contribution is 0.270. The lowest BCUT2D eigenvalue weighted by Crippen LogP contribution is -2.46. The van der Waals surface area contributed by atoms with Gasteiger partial charge in [-0.05, 0) is 30.7 Å². The SMILES string of the molecule is C=Cc1cnc(N2CCN(CC)CC2)c(C)c1. The fourth-order valence-electron chi connectivity index (χ4n) is 2.31. The summed E-state index contributed by atoms with van der Waals surface area (Å²) in [5.41, 5.74) is 2.34. The van der Waals surface area contributed by atoms with Crippen molar-refractivity contribution in [2.45, 2.75) is 13.8 Å². The zero-order chi connectivity index (χ0) is 12.3. The van der Waals surface area contributed by atoms with Crippen LogP contribution in [0.15, 0.2) is 18.8 Å². The van der Waals surface area contributed by atoms with Crippen molar-refractivity contribution in [3.8, 4) is 0 Å². The van der Waals surface area contributed by atoms with Gasteiger partial charge >= 0.3 is 0 Å². The number of anilines is 1. The summed E-state index contributed by atoms with van der Waals surface area (Å²) in [5.74, 6) is 1.13. The van der Waals surface area contributed by atoms with E-state index in [1.54, 1.807) is 0 Å². The summed E-state index contributed by atoms with van der Waals surface area (Å²) in [5, 5.41) is 0. The first-order valence-corrected chi connectivity index (χ1v) is 6.31. The second-order valence-corrected chi connectivity index (χ2v) is 4.53. The minimum Gasteiger partial charge on any atom is -0.354 e. The molecule has 1 aliphatic heterocycles. The largest absolute Gasteiger partial charge is 0.354 e. The molecule has 3 nitrogen and oxygen atoms in total. The number of piperazine rings is 1. The molecule has 17 heavy (non-hydrogen) atoms. The first-order valence-electron chi connectivity index (χ1n) is 6.31. The zero-order valence-corrected chi connectivity index (χ0v) is 10.8. The Kier molecular flexibility index (Phi) is 3.79. The monoisotopic (exact) mass is 231 g/mol. The van der Waals surface area contributed by atoms with Crippen LogP contribution in [-0.2, 0) is 0 Å². The first-order chi connectivity index (χ1) is 8.24. The van der Waals surface area contributed by atoms with Gasteiger partial charge in [0.05, 0.1) is 0 Å². The molecule has 1 aliphatic rings. The van der Waals surface area contributed by atoms with Crippen LogP contribution in [-0.4, -0.2) is 42.6 Å². The van der Waals surface area contributed by atoms with Crippen LogP contribution in [0.5, 0.6) is 0 Å². The maximum absolute atomic E-state index is 4.56. The number of aromatic nitrogens is 1. The fraction of sp³-hybridized carbons (Fsp3) is 0.500. The van der Waals surface area contributed by atoms with E-state index in [9.17, 15) is 0 Å². The van der Waals surface area contributed by atoms with E-state index >= 15 is 0 Å². The highest BCUT2D eigenvalue weighted by Gasteiger charge is 2.17. The number of aryl methyl sites for hydroxylation is 1. The Labute approximate surface area is 104 Å². The van der Waals surface area contributed by atoms with Gasteiger partial charge in [0.15, 0.2) is 0 Å². The molecule has 1 saturated heterocycles. The molecule has 0 spiro atoms. The molecule has 1 fully saturated rings. The number of nitrogens with zero attached hydrogens (tertiary/aromatic N) is 3. The molecule has 2 rings (SSSR count). The van der Waals surface area contributed by atoms with Crippen LogP contribution in [0.4, 0.5) is 5.82 Å². The summed E-state index contributed by atoms with van der Waals surface area (Å²) in [6, 6.07) is 2.15. The Morgan fingerprint density at radius 3 is 2.59 bits per heavy atom. The molecule has 1 aromatic rings. The predicted octanol–water partition coefficient (Wildman–Crippen LogP) is 2.17. The number of hydrogen-bond donors (Lipinski definition) is 0. The Morgan fingerprint density at radius 1 is 1.35 bits per heavy atom. The van der Waals surface area contributed by atoms with Crippen LogP contribution in [0.3, 0.4) is 0 Å². The van der Waals surface area contributed by atoms with Gasteiger partial charge in [0.1, 0.15) is 5.82 Å². The van der Waals surface area contributed by atoms with Gasteiger partial charge in [-0.15, -0.1) is 0 Å². The van der Waals surface area contributed by atoms with Gasteiger partial charge in [-0.25, -0.2) is 4.98 Å². The van der Waals surface area contributed by atoms with Crippen LogP contribution < -0.4 is 4.90 Å². The van der Waals surface area contributed by atoms with E-state index in [1.807, 2.05) is 12.3 Å². The molecule has 1 aromatic heterocycles. The molecular formula is C14H21N3.